The standard InChI is InChI=1S/C16H20N2O/c1-2-3-4-7-10-17-16(19)15-11-13-8-5-6-9-14(13)12-18-15/h1,5-6,8-9,15,18H,3-4,7,10-12H2,(H,17,19). The molecule has 0 saturated heterocycles. The van der Waals surface area contributed by atoms with Crippen LogP contribution in [0.3, 0.4) is 0 Å². The van der Waals surface area contributed by atoms with Gasteiger partial charge in [-0.1, -0.05) is 24.3 Å². The van der Waals surface area contributed by atoms with E-state index in [1.165, 1.54) is 11.1 Å². The summed E-state index contributed by atoms with van der Waals surface area (Å²) in [6.45, 7) is 1.48. The Morgan fingerprint density at radius 3 is 2.95 bits per heavy atom. The minimum Gasteiger partial charge on any atom is -0.355 e. The molecule has 0 radical (unpaired) electrons. The number of amides is 1. The van der Waals surface area contributed by atoms with Crippen LogP contribution in [0, 0.1) is 12.3 Å². The molecule has 1 aromatic carbocycles. The molecule has 1 unspecified atom stereocenters. The zero-order chi connectivity index (χ0) is 13.5. The Kier molecular flexibility index (Phi) is 5.00. The molecule has 1 amide bonds. The van der Waals surface area contributed by atoms with E-state index in [0.29, 0.717) is 6.54 Å². The van der Waals surface area contributed by atoms with Crippen molar-refractivity contribution in [2.24, 2.45) is 0 Å². The van der Waals surface area contributed by atoms with Gasteiger partial charge in [-0.2, -0.15) is 0 Å². The average molecular weight is 256 g/mol. The van der Waals surface area contributed by atoms with Crippen molar-refractivity contribution >= 4 is 5.91 Å². The molecule has 1 aromatic rings. The van der Waals surface area contributed by atoms with Crippen molar-refractivity contribution in [1.82, 2.24) is 10.6 Å². The predicted octanol–water partition coefficient (Wildman–Crippen LogP) is 1.62. The zero-order valence-corrected chi connectivity index (χ0v) is 11.1. The highest BCUT2D eigenvalue weighted by Gasteiger charge is 2.23. The third-order valence-electron chi connectivity index (χ3n) is 3.44. The minimum atomic E-state index is -0.109. The fourth-order valence-electron chi connectivity index (χ4n) is 2.33. The molecular formula is C16H20N2O. The third-order valence-corrected chi connectivity index (χ3v) is 3.44. The molecule has 1 aliphatic heterocycles. The lowest BCUT2D eigenvalue weighted by molar-refractivity contribution is -0.123. The SMILES string of the molecule is C#CCCCCNC(=O)C1Cc2ccccc2CN1. The largest absolute Gasteiger partial charge is 0.355 e. The second-order valence-electron chi connectivity index (χ2n) is 4.86. The van der Waals surface area contributed by atoms with E-state index < -0.39 is 0 Å². The van der Waals surface area contributed by atoms with Gasteiger partial charge >= 0.3 is 0 Å². The average Bonchev–Trinajstić information content (AvgIpc) is 2.46. The normalized spacial score (nSPS) is 17.3. The highest BCUT2D eigenvalue weighted by atomic mass is 16.2. The molecule has 0 fully saturated rings. The van der Waals surface area contributed by atoms with Crippen LogP contribution in [-0.2, 0) is 17.8 Å². The fraction of sp³-hybridized carbons (Fsp3) is 0.438. The van der Waals surface area contributed by atoms with Gasteiger partial charge < -0.3 is 10.6 Å². The Morgan fingerprint density at radius 1 is 1.37 bits per heavy atom. The summed E-state index contributed by atoms with van der Waals surface area (Å²) in [6.07, 6.45) is 8.65. The van der Waals surface area contributed by atoms with Gasteiger partial charge in [-0.3, -0.25) is 4.79 Å². The van der Waals surface area contributed by atoms with Crippen LogP contribution in [0.1, 0.15) is 30.4 Å². The van der Waals surface area contributed by atoms with Gasteiger partial charge in [0.2, 0.25) is 5.91 Å². The molecule has 1 aliphatic rings. The van der Waals surface area contributed by atoms with Gasteiger partial charge in [0.15, 0.2) is 0 Å². The quantitative estimate of drug-likeness (QED) is 0.621. The lowest BCUT2D eigenvalue weighted by Gasteiger charge is -2.25. The van der Waals surface area contributed by atoms with Crippen LogP contribution in [0.2, 0.25) is 0 Å². The van der Waals surface area contributed by atoms with Gasteiger partial charge in [0.25, 0.3) is 0 Å². The lowest BCUT2D eigenvalue weighted by atomic mass is 9.95. The van der Waals surface area contributed by atoms with E-state index in [9.17, 15) is 4.79 Å². The first-order valence-corrected chi connectivity index (χ1v) is 6.82. The summed E-state index contributed by atoms with van der Waals surface area (Å²) in [5.41, 5.74) is 2.56. The van der Waals surface area contributed by atoms with Crippen LogP contribution in [0.5, 0.6) is 0 Å². The molecule has 1 heterocycles. The highest BCUT2D eigenvalue weighted by molar-refractivity contribution is 5.82. The van der Waals surface area contributed by atoms with Crippen molar-refractivity contribution in [2.45, 2.75) is 38.3 Å². The molecule has 3 heteroatoms. The molecule has 2 N–H and O–H groups in total. The van der Waals surface area contributed by atoms with E-state index in [2.05, 4.69) is 28.7 Å². The number of carbonyl (C=O) groups excluding carboxylic acids is 1. The lowest BCUT2D eigenvalue weighted by Crippen LogP contribution is -2.47. The summed E-state index contributed by atoms with van der Waals surface area (Å²) in [4.78, 5) is 12.0. The number of hydrogen-bond acceptors (Lipinski definition) is 2. The zero-order valence-electron chi connectivity index (χ0n) is 11.1. The number of fused-ring (bicyclic) bond motifs is 1. The number of rotatable bonds is 5. The first kappa shape index (κ1) is 13.6. The van der Waals surface area contributed by atoms with Crippen LogP contribution in [0.25, 0.3) is 0 Å². The maximum atomic E-state index is 12.0. The van der Waals surface area contributed by atoms with Crippen molar-refractivity contribution in [3.05, 3.63) is 35.4 Å². The van der Waals surface area contributed by atoms with Gasteiger partial charge in [0.05, 0.1) is 6.04 Å². The summed E-state index contributed by atoms with van der Waals surface area (Å²) in [5, 5.41) is 6.25. The van der Waals surface area contributed by atoms with Crippen LogP contribution in [0.4, 0.5) is 0 Å². The second-order valence-corrected chi connectivity index (χ2v) is 4.86. The smallest absolute Gasteiger partial charge is 0.237 e. The summed E-state index contributed by atoms with van der Waals surface area (Å²) in [6, 6.07) is 8.16. The number of carbonyl (C=O) groups is 1. The van der Waals surface area contributed by atoms with E-state index in [0.717, 1.165) is 32.2 Å². The van der Waals surface area contributed by atoms with Crippen LogP contribution in [-0.4, -0.2) is 18.5 Å². The van der Waals surface area contributed by atoms with E-state index in [-0.39, 0.29) is 11.9 Å². The molecule has 0 saturated carbocycles. The van der Waals surface area contributed by atoms with Crippen molar-refractivity contribution in [2.75, 3.05) is 6.54 Å². The van der Waals surface area contributed by atoms with E-state index >= 15 is 0 Å². The van der Waals surface area contributed by atoms with Crippen molar-refractivity contribution < 1.29 is 4.79 Å². The summed E-state index contributed by atoms with van der Waals surface area (Å²) in [7, 11) is 0. The molecule has 0 bridgehead atoms. The number of unbranched alkanes of at least 4 members (excludes halogenated alkanes) is 2. The molecule has 0 aliphatic carbocycles. The number of benzene rings is 1. The van der Waals surface area contributed by atoms with E-state index in [1.54, 1.807) is 0 Å². The third kappa shape index (κ3) is 3.84. The Hall–Kier alpha value is -1.79. The van der Waals surface area contributed by atoms with E-state index in [4.69, 9.17) is 6.42 Å². The fourth-order valence-corrected chi connectivity index (χ4v) is 2.33. The maximum absolute atomic E-state index is 12.0. The van der Waals surface area contributed by atoms with Crippen LogP contribution in [0.15, 0.2) is 24.3 Å². The molecule has 0 spiro atoms. The Balaban J connectivity index is 1.78. The summed E-state index contributed by atoms with van der Waals surface area (Å²) < 4.78 is 0. The highest BCUT2D eigenvalue weighted by Crippen LogP contribution is 2.16. The first-order valence-electron chi connectivity index (χ1n) is 6.82. The molecule has 1 atom stereocenters. The van der Waals surface area contributed by atoms with Gasteiger partial charge in [0, 0.05) is 19.5 Å². The Morgan fingerprint density at radius 2 is 2.16 bits per heavy atom. The number of nitrogens with one attached hydrogen (secondary N) is 2. The van der Waals surface area contributed by atoms with Gasteiger partial charge in [-0.25, -0.2) is 0 Å². The van der Waals surface area contributed by atoms with E-state index in [1.807, 2.05) is 12.1 Å². The van der Waals surface area contributed by atoms with Gasteiger partial charge in [0.1, 0.15) is 0 Å². The van der Waals surface area contributed by atoms with Crippen molar-refractivity contribution in [3.8, 4) is 12.3 Å². The first-order chi connectivity index (χ1) is 9.31. The van der Waals surface area contributed by atoms with Gasteiger partial charge in [-0.05, 0) is 30.4 Å². The topological polar surface area (TPSA) is 41.1 Å². The number of terminal acetylenes is 1. The van der Waals surface area contributed by atoms with Crippen LogP contribution >= 0.6 is 0 Å². The minimum absolute atomic E-state index is 0.0928. The Labute approximate surface area is 114 Å². The Bertz CT molecular complexity index is 476. The maximum Gasteiger partial charge on any atom is 0.237 e. The summed E-state index contributed by atoms with van der Waals surface area (Å²) in [5.74, 6) is 2.70. The molecule has 19 heavy (non-hydrogen) atoms. The van der Waals surface area contributed by atoms with Gasteiger partial charge in [-0.15, -0.1) is 12.3 Å². The monoisotopic (exact) mass is 256 g/mol. The molecule has 2 rings (SSSR count). The molecule has 100 valence electrons. The predicted molar refractivity (Wildman–Crippen MR) is 76.5 cm³/mol. The number of hydrogen-bond donors (Lipinski definition) is 2. The molecule has 3 nitrogen and oxygen atoms in total. The van der Waals surface area contributed by atoms with Crippen LogP contribution < -0.4 is 10.6 Å². The van der Waals surface area contributed by atoms with Crippen molar-refractivity contribution in [1.29, 1.82) is 0 Å². The second kappa shape index (κ2) is 6.96. The molecular weight excluding hydrogens is 236 g/mol. The summed E-state index contributed by atoms with van der Waals surface area (Å²) >= 11 is 0. The van der Waals surface area contributed by atoms with Crippen molar-refractivity contribution in [3.63, 3.8) is 0 Å². The molecule has 0 aromatic heterocycles.